The summed E-state index contributed by atoms with van der Waals surface area (Å²) in [6, 6.07) is 4.63. The Balaban J connectivity index is 1.71. The maximum Gasteiger partial charge on any atom is 0.294 e. The Morgan fingerprint density at radius 1 is 1.33 bits per heavy atom. The standard InChI is InChI=1S/C15H16ClN5O3/c1-10-17-9-12(18-10)15(22)20-6-4-19(5-7-20)13-3-2-11(16)8-14(13)21(23)24/h2-3,8-9H,4-7H2,1H3,(H,17,18). The van der Waals surface area contributed by atoms with E-state index in [4.69, 9.17) is 11.6 Å². The van der Waals surface area contributed by atoms with Gasteiger partial charge >= 0.3 is 0 Å². The van der Waals surface area contributed by atoms with Gasteiger partial charge in [-0.2, -0.15) is 0 Å². The molecule has 0 unspecified atom stereocenters. The number of aryl methyl sites for hydroxylation is 1. The number of carbonyl (C=O) groups is 1. The van der Waals surface area contributed by atoms with Gasteiger partial charge in [0.05, 0.1) is 11.1 Å². The zero-order chi connectivity index (χ0) is 17.3. The first-order valence-corrected chi connectivity index (χ1v) is 7.83. The number of anilines is 1. The van der Waals surface area contributed by atoms with E-state index in [0.717, 1.165) is 0 Å². The number of piperazine rings is 1. The monoisotopic (exact) mass is 349 g/mol. The minimum absolute atomic E-state index is 0.0218. The first kappa shape index (κ1) is 16.3. The molecule has 2 aromatic rings. The Morgan fingerprint density at radius 3 is 2.62 bits per heavy atom. The van der Waals surface area contributed by atoms with Crippen molar-refractivity contribution in [3.05, 3.63) is 51.1 Å². The first-order chi connectivity index (χ1) is 11.5. The molecule has 1 amide bonds. The largest absolute Gasteiger partial charge is 0.362 e. The fraction of sp³-hybridized carbons (Fsp3) is 0.333. The Kier molecular flexibility index (Phi) is 4.39. The molecule has 1 aliphatic heterocycles. The molecule has 0 spiro atoms. The van der Waals surface area contributed by atoms with E-state index in [1.807, 2.05) is 4.90 Å². The van der Waals surface area contributed by atoms with Crippen LogP contribution in [0.2, 0.25) is 5.02 Å². The number of hydrogen-bond acceptors (Lipinski definition) is 5. The Hall–Kier alpha value is -2.61. The number of carbonyl (C=O) groups excluding carboxylic acids is 1. The number of nitro benzene ring substituents is 1. The molecule has 1 aromatic carbocycles. The molecule has 0 aliphatic carbocycles. The summed E-state index contributed by atoms with van der Waals surface area (Å²) in [6.45, 7) is 3.78. The van der Waals surface area contributed by atoms with Gasteiger partial charge in [0.25, 0.3) is 11.6 Å². The summed E-state index contributed by atoms with van der Waals surface area (Å²) in [5.41, 5.74) is 0.957. The fourth-order valence-corrected chi connectivity index (χ4v) is 2.93. The topological polar surface area (TPSA) is 95.4 Å². The quantitative estimate of drug-likeness (QED) is 0.677. The van der Waals surface area contributed by atoms with E-state index < -0.39 is 4.92 Å². The maximum atomic E-state index is 12.4. The number of amides is 1. The molecule has 0 bridgehead atoms. The molecule has 0 saturated carbocycles. The van der Waals surface area contributed by atoms with Gasteiger partial charge in [0.15, 0.2) is 0 Å². The van der Waals surface area contributed by atoms with Crippen molar-refractivity contribution in [3.63, 3.8) is 0 Å². The lowest BCUT2D eigenvalue weighted by molar-refractivity contribution is -0.384. The van der Waals surface area contributed by atoms with Gasteiger partial charge in [0, 0.05) is 37.3 Å². The first-order valence-electron chi connectivity index (χ1n) is 7.45. The number of imidazole rings is 1. The molecule has 1 fully saturated rings. The van der Waals surface area contributed by atoms with Crippen LogP contribution in [0.25, 0.3) is 0 Å². The summed E-state index contributed by atoms with van der Waals surface area (Å²) in [4.78, 5) is 33.7. The van der Waals surface area contributed by atoms with Crippen LogP contribution in [0.5, 0.6) is 0 Å². The van der Waals surface area contributed by atoms with Crippen molar-refractivity contribution in [2.45, 2.75) is 6.92 Å². The summed E-state index contributed by atoms with van der Waals surface area (Å²) in [7, 11) is 0. The highest BCUT2D eigenvalue weighted by molar-refractivity contribution is 6.30. The van der Waals surface area contributed by atoms with Crippen molar-refractivity contribution < 1.29 is 9.72 Å². The highest BCUT2D eigenvalue weighted by atomic mass is 35.5. The van der Waals surface area contributed by atoms with Crippen LogP contribution in [-0.2, 0) is 0 Å². The number of rotatable bonds is 3. The number of halogens is 1. The van der Waals surface area contributed by atoms with Gasteiger partial charge in [-0.15, -0.1) is 0 Å². The predicted molar refractivity (Wildman–Crippen MR) is 89.5 cm³/mol. The molecule has 1 N–H and O–H groups in total. The smallest absolute Gasteiger partial charge is 0.294 e. The molecule has 0 radical (unpaired) electrons. The molecular weight excluding hydrogens is 334 g/mol. The van der Waals surface area contributed by atoms with Gasteiger partial charge in [-0.05, 0) is 19.1 Å². The second-order valence-corrected chi connectivity index (χ2v) is 5.99. The minimum Gasteiger partial charge on any atom is -0.362 e. The van der Waals surface area contributed by atoms with Crippen LogP contribution in [0, 0.1) is 17.0 Å². The zero-order valence-electron chi connectivity index (χ0n) is 13.0. The molecule has 126 valence electrons. The SMILES string of the molecule is Cc1ncc(C(=O)N2CCN(c3ccc(Cl)cc3[N+](=O)[O-])CC2)[nH]1. The fourth-order valence-electron chi connectivity index (χ4n) is 2.76. The summed E-state index contributed by atoms with van der Waals surface area (Å²) < 4.78 is 0. The molecule has 1 saturated heterocycles. The van der Waals surface area contributed by atoms with Gasteiger partial charge in [0.1, 0.15) is 17.2 Å². The van der Waals surface area contributed by atoms with Crippen molar-refractivity contribution in [3.8, 4) is 0 Å². The molecule has 24 heavy (non-hydrogen) atoms. The summed E-state index contributed by atoms with van der Waals surface area (Å²) >= 11 is 5.85. The minimum atomic E-state index is -0.438. The van der Waals surface area contributed by atoms with E-state index in [2.05, 4.69) is 9.97 Å². The van der Waals surface area contributed by atoms with Crippen molar-refractivity contribution in [1.82, 2.24) is 14.9 Å². The van der Waals surface area contributed by atoms with Gasteiger partial charge in [-0.3, -0.25) is 14.9 Å². The molecule has 3 rings (SSSR count). The molecule has 2 heterocycles. The number of aromatic amines is 1. The third-order valence-electron chi connectivity index (χ3n) is 3.98. The second kappa shape index (κ2) is 6.48. The molecule has 8 nitrogen and oxygen atoms in total. The average Bonchev–Trinajstić information content (AvgIpc) is 3.01. The lowest BCUT2D eigenvalue weighted by Gasteiger charge is -2.35. The molecule has 1 aliphatic rings. The Labute approximate surface area is 143 Å². The van der Waals surface area contributed by atoms with Crippen molar-refractivity contribution in [2.24, 2.45) is 0 Å². The normalized spacial score (nSPS) is 14.8. The van der Waals surface area contributed by atoms with E-state index in [1.54, 1.807) is 24.0 Å². The summed E-state index contributed by atoms with van der Waals surface area (Å²) in [5, 5.41) is 11.5. The average molecular weight is 350 g/mol. The number of benzene rings is 1. The maximum absolute atomic E-state index is 12.4. The van der Waals surface area contributed by atoms with Crippen LogP contribution >= 0.6 is 11.6 Å². The lowest BCUT2D eigenvalue weighted by atomic mass is 10.2. The number of nitrogens with zero attached hydrogens (tertiary/aromatic N) is 4. The van der Waals surface area contributed by atoms with Crippen LogP contribution < -0.4 is 4.90 Å². The van der Waals surface area contributed by atoms with Gasteiger partial charge in [-0.25, -0.2) is 4.98 Å². The van der Waals surface area contributed by atoms with E-state index in [1.165, 1.54) is 12.3 Å². The van der Waals surface area contributed by atoms with Crippen LogP contribution in [0.1, 0.15) is 16.3 Å². The highest BCUT2D eigenvalue weighted by Gasteiger charge is 2.27. The summed E-state index contributed by atoms with van der Waals surface area (Å²) in [5.74, 6) is 0.578. The lowest BCUT2D eigenvalue weighted by Crippen LogP contribution is -2.49. The Bertz CT molecular complexity index is 783. The number of nitro groups is 1. The van der Waals surface area contributed by atoms with Gasteiger partial charge < -0.3 is 14.8 Å². The number of nitrogens with one attached hydrogen (secondary N) is 1. The molecule has 0 atom stereocenters. The number of H-pyrrole nitrogens is 1. The van der Waals surface area contributed by atoms with E-state index in [0.29, 0.717) is 48.4 Å². The third kappa shape index (κ3) is 3.18. The molecular formula is C15H16ClN5O3. The van der Waals surface area contributed by atoms with Gasteiger partial charge in [0.2, 0.25) is 0 Å². The Morgan fingerprint density at radius 2 is 2.04 bits per heavy atom. The number of hydrogen-bond donors (Lipinski definition) is 1. The third-order valence-corrected chi connectivity index (χ3v) is 4.21. The van der Waals surface area contributed by atoms with Crippen LogP contribution in [0.4, 0.5) is 11.4 Å². The van der Waals surface area contributed by atoms with Crippen LogP contribution in [0.15, 0.2) is 24.4 Å². The van der Waals surface area contributed by atoms with Crippen LogP contribution in [-0.4, -0.2) is 51.9 Å². The van der Waals surface area contributed by atoms with Gasteiger partial charge in [-0.1, -0.05) is 11.6 Å². The second-order valence-electron chi connectivity index (χ2n) is 5.55. The van der Waals surface area contributed by atoms with E-state index >= 15 is 0 Å². The zero-order valence-corrected chi connectivity index (χ0v) is 13.8. The van der Waals surface area contributed by atoms with E-state index in [9.17, 15) is 14.9 Å². The predicted octanol–water partition coefficient (Wildman–Crippen LogP) is 2.24. The van der Waals surface area contributed by atoms with Crippen molar-refractivity contribution in [2.75, 3.05) is 31.1 Å². The van der Waals surface area contributed by atoms with E-state index in [-0.39, 0.29) is 11.6 Å². The van der Waals surface area contributed by atoms with Crippen LogP contribution in [0.3, 0.4) is 0 Å². The molecule has 9 heteroatoms. The van der Waals surface area contributed by atoms with Crippen molar-refractivity contribution in [1.29, 1.82) is 0 Å². The molecule has 1 aromatic heterocycles. The van der Waals surface area contributed by atoms with Crippen molar-refractivity contribution >= 4 is 28.9 Å². The number of aromatic nitrogens is 2. The summed E-state index contributed by atoms with van der Waals surface area (Å²) in [6.07, 6.45) is 1.52. The highest BCUT2D eigenvalue weighted by Crippen LogP contribution is 2.31.